The van der Waals surface area contributed by atoms with E-state index in [4.69, 9.17) is 5.11 Å². The molecule has 20 heavy (non-hydrogen) atoms. The first-order valence-electron chi connectivity index (χ1n) is 7.79. The zero-order valence-electron chi connectivity index (χ0n) is 12.5. The third-order valence-corrected chi connectivity index (χ3v) is 4.78. The highest BCUT2D eigenvalue weighted by Gasteiger charge is 2.38. The van der Waals surface area contributed by atoms with Crippen molar-refractivity contribution in [2.75, 3.05) is 26.2 Å². The van der Waals surface area contributed by atoms with Crippen LogP contribution in [0.2, 0.25) is 0 Å². The second-order valence-electron chi connectivity index (χ2n) is 6.33. The molecule has 2 amide bonds. The fourth-order valence-electron chi connectivity index (χ4n) is 3.47. The molecule has 2 rings (SSSR count). The van der Waals surface area contributed by atoms with Crippen LogP contribution < -0.4 is 0 Å². The van der Waals surface area contributed by atoms with Gasteiger partial charge in [0.25, 0.3) is 0 Å². The molecule has 2 saturated heterocycles. The molecule has 2 aliphatic rings. The molecular weight excluding hydrogens is 256 g/mol. The van der Waals surface area contributed by atoms with E-state index < -0.39 is 11.9 Å². The van der Waals surface area contributed by atoms with Gasteiger partial charge >= 0.3 is 12.0 Å². The fourth-order valence-corrected chi connectivity index (χ4v) is 3.47. The Morgan fingerprint density at radius 2 is 1.80 bits per heavy atom. The normalized spacial score (nSPS) is 27.9. The molecule has 2 unspecified atom stereocenters. The van der Waals surface area contributed by atoms with Gasteiger partial charge in [-0.1, -0.05) is 26.7 Å². The van der Waals surface area contributed by atoms with Gasteiger partial charge in [-0.05, 0) is 24.7 Å². The van der Waals surface area contributed by atoms with Gasteiger partial charge in [0.15, 0.2) is 0 Å². The van der Waals surface area contributed by atoms with Crippen molar-refractivity contribution in [2.45, 2.75) is 39.5 Å². The predicted molar refractivity (Wildman–Crippen MR) is 76.5 cm³/mol. The molecule has 2 atom stereocenters. The second-order valence-corrected chi connectivity index (χ2v) is 6.33. The Balaban J connectivity index is 1.85. The van der Waals surface area contributed by atoms with E-state index in [9.17, 15) is 9.59 Å². The van der Waals surface area contributed by atoms with E-state index in [0.29, 0.717) is 13.1 Å². The lowest BCUT2D eigenvalue weighted by molar-refractivity contribution is -0.142. The number of carboxylic acid groups (broad SMARTS) is 1. The van der Waals surface area contributed by atoms with Crippen LogP contribution in [0.25, 0.3) is 0 Å². The summed E-state index contributed by atoms with van der Waals surface area (Å²) in [5.74, 6) is -0.381. The Kier molecular flexibility index (Phi) is 4.89. The molecule has 0 spiro atoms. The van der Waals surface area contributed by atoms with E-state index in [2.05, 4.69) is 6.92 Å². The van der Waals surface area contributed by atoms with Gasteiger partial charge in [-0.15, -0.1) is 0 Å². The first kappa shape index (κ1) is 15.1. The quantitative estimate of drug-likeness (QED) is 0.863. The van der Waals surface area contributed by atoms with Crippen LogP contribution in [0, 0.1) is 17.8 Å². The summed E-state index contributed by atoms with van der Waals surface area (Å²) < 4.78 is 0. The average molecular weight is 282 g/mol. The molecule has 0 aromatic carbocycles. The number of carboxylic acids is 1. The van der Waals surface area contributed by atoms with Crippen molar-refractivity contribution in [3.05, 3.63) is 0 Å². The van der Waals surface area contributed by atoms with Gasteiger partial charge in [-0.25, -0.2) is 4.79 Å². The molecule has 2 fully saturated rings. The van der Waals surface area contributed by atoms with Crippen LogP contribution >= 0.6 is 0 Å². The number of urea groups is 1. The first-order valence-corrected chi connectivity index (χ1v) is 7.79. The minimum atomic E-state index is -0.783. The van der Waals surface area contributed by atoms with Crippen molar-refractivity contribution in [1.82, 2.24) is 9.80 Å². The van der Waals surface area contributed by atoms with Crippen LogP contribution in [-0.4, -0.2) is 53.1 Å². The fraction of sp³-hybridized carbons (Fsp3) is 0.867. The molecule has 2 aliphatic heterocycles. The molecule has 0 bridgehead atoms. The van der Waals surface area contributed by atoms with E-state index in [-0.39, 0.29) is 11.9 Å². The second kappa shape index (κ2) is 6.46. The maximum absolute atomic E-state index is 12.4. The minimum Gasteiger partial charge on any atom is -0.481 e. The largest absolute Gasteiger partial charge is 0.481 e. The number of carbonyl (C=O) groups excluding carboxylic acids is 1. The van der Waals surface area contributed by atoms with Crippen LogP contribution in [0.5, 0.6) is 0 Å². The molecule has 5 nitrogen and oxygen atoms in total. The Hall–Kier alpha value is -1.26. The highest BCUT2D eigenvalue weighted by molar-refractivity contribution is 5.77. The number of amides is 2. The van der Waals surface area contributed by atoms with Gasteiger partial charge in [0, 0.05) is 26.2 Å². The third-order valence-electron chi connectivity index (χ3n) is 4.78. The van der Waals surface area contributed by atoms with E-state index in [1.165, 1.54) is 12.8 Å². The monoisotopic (exact) mass is 282 g/mol. The Bertz CT molecular complexity index is 364. The van der Waals surface area contributed by atoms with Crippen molar-refractivity contribution in [3.63, 3.8) is 0 Å². The zero-order chi connectivity index (χ0) is 14.7. The van der Waals surface area contributed by atoms with Gasteiger partial charge < -0.3 is 14.9 Å². The standard InChI is InChI=1S/C15H26N2O3/c1-3-4-12-5-7-16(8-6-12)15(20)17-9-11(2)13(10-17)14(18)19/h11-13H,3-10H2,1-2H3,(H,18,19). The van der Waals surface area contributed by atoms with Gasteiger partial charge in [-0.3, -0.25) is 4.79 Å². The van der Waals surface area contributed by atoms with Gasteiger partial charge in [-0.2, -0.15) is 0 Å². The van der Waals surface area contributed by atoms with Crippen molar-refractivity contribution < 1.29 is 14.7 Å². The lowest BCUT2D eigenvalue weighted by atomic mass is 9.93. The van der Waals surface area contributed by atoms with Crippen LogP contribution in [0.3, 0.4) is 0 Å². The number of rotatable bonds is 3. The minimum absolute atomic E-state index is 0.0375. The summed E-state index contributed by atoms with van der Waals surface area (Å²) in [6.45, 7) is 6.71. The summed E-state index contributed by atoms with van der Waals surface area (Å²) in [6.07, 6.45) is 4.64. The lowest BCUT2D eigenvalue weighted by Crippen LogP contribution is -2.46. The average Bonchev–Trinajstić information content (AvgIpc) is 2.81. The van der Waals surface area contributed by atoms with Crippen molar-refractivity contribution in [1.29, 1.82) is 0 Å². The molecule has 0 radical (unpaired) electrons. The Labute approximate surface area is 120 Å². The number of hydrogen-bond acceptors (Lipinski definition) is 2. The number of likely N-dealkylation sites (tertiary alicyclic amines) is 2. The van der Waals surface area contributed by atoms with Crippen molar-refractivity contribution in [3.8, 4) is 0 Å². The van der Waals surface area contributed by atoms with Crippen LogP contribution in [-0.2, 0) is 4.79 Å². The number of hydrogen-bond donors (Lipinski definition) is 1. The molecule has 0 saturated carbocycles. The summed E-state index contributed by atoms with van der Waals surface area (Å²) in [5.41, 5.74) is 0. The van der Waals surface area contributed by atoms with E-state index in [1.807, 2.05) is 11.8 Å². The molecule has 0 aromatic rings. The molecule has 5 heteroatoms. The molecular formula is C15H26N2O3. The van der Waals surface area contributed by atoms with E-state index in [1.54, 1.807) is 4.90 Å². The highest BCUT2D eigenvalue weighted by Crippen LogP contribution is 2.27. The summed E-state index contributed by atoms with van der Waals surface area (Å²) in [7, 11) is 0. The zero-order valence-corrected chi connectivity index (χ0v) is 12.5. The van der Waals surface area contributed by atoms with Crippen LogP contribution in [0.1, 0.15) is 39.5 Å². The molecule has 1 N–H and O–H groups in total. The van der Waals surface area contributed by atoms with E-state index >= 15 is 0 Å². The maximum Gasteiger partial charge on any atom is 0.320 e. The van der Waals surface area contributed by atoms with Crippen molar-refractivity contribution in [2.24, 2.45) is 17.8 Å². The summed E-state index contributed by atoms with van der Waals surface area (Å²) in [4.78, 5) is 27.2. The number of piperidine rings is 1. The molecule has 2 heterocycles. The van der Waals surface area contributed by atoms with Crippen molar-refractivity contribution >= 4 is 12.0 Å². The summed E-state index contributed by atoms with van der Waals surface area (Å²) in [6, 6.07) is 0.0375. The Morgan fingerprint density at radius 1 is 1.15 bits per heavy atom. The predicted octanol–water partition coefficient (Wildman–Crippen LogP) is 2.27. The van der Waals surface area contributed by atoms with Gasteiger partial charge in [0.2, 0.25) is 0 Å². The Morgan fingerprint density at radius 3 is 2.30 bits per heavy atom. The van der Waals surface area contributed by atoms with Gasteiger partial charge in [0.05, 0.1) is 5.92 Å². The topological polar surface area (TPSA) is 60.9 Å². The summed E-state index contributed by atoms with van der Waals surface area (Å²) >= 11 is 0. The van der Waals surface area contributed by atoms with Gasteiger partial charge in [0.1, 0.15) is 0 Å². The number of carbonyl (C=O) groups is 2. The maximum atomic E-state index is 12.4. The molecule has 0 aromatic heterocycles. The highest BCUT2D eigenvalue weighted by atomic mass is 16.4. The lowest BCUT2D eigenvalue weighted by Gasteiger charge is -2.34. The summed E-state index contributed by atoms with van der Waals surface area (Å²) in [5, 5.41) is 9.14. The van der Waals surface area contributed by atoms with Crippen LogP contribution in [0.15, 0.2) is 0 Å². The SMILES string of the molecule is CCCC1CCN(C(=O)N2CC(C)C(C(=O)O)C2)CC1. The van der Waals surface area contributed by atoms with Crippen LogP contribution in [0.4, 0.5) is 4.79 Å². The third kappa shape index (κ3) is 3.25. The molecule has 114 valence electrons. The number of nitrogens with zero attached hydrogens (tertiary/aromatic N) is 2. The van der Waals surface area contributed by atoms with E-state index in [0.717, 1.165) is 31.8 Å². The molecule has 0 aliphatic carbocycles. The number of aliphatic carboxylic acids is 1. The smallest absolute Gasteiger partial charge is 0.320 e. The first-order chi connectivity index (χ1) is 9.52.